The first-order chi connectivity index (χ1) is 12.0. The molecule has 0 saturated heterocycles. The molecule has 0 saturated carbocycles. The van der Waals surface area contributed by atoms with Crippen LogP contribution in [-0.2, 0) is 4.74 Å². The zero-order valence-corrected chi connectivity index (χ0v) is 14.6. The highest BCUT2D eigenvalue weighted by atomic mass is 35.5. The van der Waals surface area contributed by atoms with Crippen LogP contribution in [0.1, 0.15) is 29.8 Å². The number of halogens is 1. The van der Waals surface area contributed by atoms with Gasteiger partial charge in [-0.3, -0.25) is 4.79 Å². The van der Waals surface area contributed by atoms with Gasteiger partial charge in [-0.1, -0.05) is 23.7 Å². The lowest BCUT2D eigenvalue weighted by atomic mass is 10.1. The van der Waals surface area contributed by atoms with Gasteiger partial charge in [0.2, 0.25) is 0 Å². The quantitative estimate of drug-likeness (QED) is 0.624. The van der Waals surface area contributed by atoms with Crippen molar-refractivity contribution < 1.29 is 14.3 Å². The summed E-state index contributed by atoms with van der Waals surface area (Å²) >= 11 is 5.81. The van der Waals surface area contributed by atoms with Crippen LogP contribution < -0.4 is 10.7 Å². The highest BCUT2D eigenvalue weighted by Gasteiger charge is 2.06. The fourth-order valence-corrected chi connectivity index (χ4v) is 2.08. The first kappa shape index (κ1) is 18.5. The van der Waals surface area contributed by atoms with Crippen LogP contribution in [0.5, 0.6) is 0 Å². The molecule has 0 atom stereocenters. The van der Waals surface area contributed by atoms with Crippen LogP contribution >= 0.6 is 11.6 Å². The number of carbonyl (C=O) groups is 2. The molecule has 0 bridgehead atoms. The summed E-state index contributed by atoms with van der Waals surface area (Å²) in [4.78, 5) is 23.4. The fraction of sp³-hybridized carbons (Fsp3) is 0.167. The minimum Gasteiger partial charge on any atom is -0.449 e. The largest absolute Gasteiger partial charge is 0.449 e. The molecule has 0 aromatic heterocycles. The maximum atomic E-state index is 12.1. The van der Waals surface area contributed by atoms with E-state index >= 15 is 0 Å². The van der Waals surface area contributed by atoms with Crippen LogP contribution in [0.4, 0.5) is 10.5 Å². The van der Waals surface area contributed by atoms with Crippen molar-refractivity contribution in [2.24, 2.45) is 5.10 Å². The number of rotatable bonds is 5. The number of hydrogen-bond donors (Lipinski definition) is 2. The Kier molecular flexibility index (Phi) is 6.54. The summed E-state index contributed by atoms with van der Waals surface area (Å²) in [5.41, 5.74) is 4.89. The van der Waals surface area contributed by atoms with E-state index in [4.69, 9.17) is 16.3 Å². The summed E-state index contributed by atoms with van der Waals surface area (Å²) in [6.07, 6.45) is -0.603. The van der Waals surface area contributed by atoms with Gasteiger partial charge in [0, 0.05) is 16.3 Å². The average Bonchev–Trinajstić information content (AvgIpc) is 2.61. The molecule has 2 aromatic rings. The second-order valence-electron chi connectivity index (χ2n) is 5.07. The molecule has 2 amide bonds. The van der Waals surface area contributed by atoms with Gasteiger partial charge in [0.05, 0.1) is 12.3 Å². The molecule has 2 aromatic carbocycles. The summed E-state index contributed by atoms with van der Waals surface area (Å²) in [7, 11) is 0. The maximum absolute atomic E-state index is 12.1. The van der Waals surface area contributed by atoms with E-state index in [2.05, 4.69) is 15.8 Å². The Hall–Kier alpha value is -2.86. The minimum absolute atomic E-state index is 0.223. The number of benzene rings is 2. The first-order valence-corrected chi connectivity index (χ1v) is 8.02. The van der Waals surface area contributed by atoms with Gasteiger partial charge in [-0.05, 0) is 55.8 Å². The second-order valence-corrected chi connectivity index (χ2v) is 5.50. The van der Waals surface area contributed by atoms with Crippen LogP contribution in [0.2, 0.25) is 5.02 Å². The van der Waals surface area contributed by atoms with E-state index in [0.29, 0.717) is 22.0 Å². The number of hydrogen-bond acceptors (Lipinski definition) is 4. The van der Waals surface area contributed by atoms with Crippen LogP contribution in [-0.4, -0.2) is 24.3 Å². The molecule has 0 aliphatic carbocycles. The van der Waals surface area contributed by atoms with E-state index in [1.807, 2.05) is 0 Å². The van der Waals surface area contributed by atoms with Gasteiger partial charge < -0.3 is 10.1 Å². The van der Waals surface area contributed by atoms with Gasteiger partial charge >= 0.3 is 6.09 Å². The molecule has 0 heterocycles. The van der Waals surface area contributed by atoms with Crippen LogP contribution in [0.15, 0.2) is 53.6 Å². The van der Waals surface area contributed by atoms with Crippen LogP contribution in [0, 0.1) is 0 Å². The summed E-state index contributed by atoms with van der Waals surface area (Å²) < 4.78 is 4.73. The van der Waals surface area contributed by atoms with E-state index < -0.39 is 6.09 Å². The highest BCUT2D eigenvalue weighted by Crippen LogP contribution is 2.14. The third-order valence-electron chi connectivity index (χ3n) is 3.26. The maximum Gasteiger partial charge on any atom is 0.427 e. The lowest BCUT2D eigenvalue weighted by Crippen LogP contribution is -2.20. The van der Waals surface area contributed by atoms with E-state index in [-0.39, 0.29) is 12.5 Å². The lowest BCUT2D eigenvalue weighted by molar-refractivity contribution is 0.102. The smallest absolute Gasteiger partial charge is 0.427 e. The normalized spacial score (nSPS) is 10.9. The summed E-state index contributed by atoms with van der Waals surface area (Å²) in [6.45, 7) is 3.75. The van der Waals surface area contributed by atoms with Gasteiger partial charge in [-0.2, -0.15) is 5.10 Å². The molecule has 6 nitrogen and oxygen atoms in total. The summed E-state index contributed by atoms with van der Waals surface area (Å²) in [5.74, 6) is -0.223. The van der Waals surface area contributed by atoms with E-state index in [0.717, 1.165) is 5.56 Å². The van der Waals surface area contributed by atoms with E-state index in [1.54, 1.807) is 62.4 Å². The number of nitrogens with one attached hydrogen (secondary N) is 2. The van der Waals surface area contributed by atoms with Crippen molar-refractivity contribution >= 4 is 35.0 Å². The monoisotopic (exact) mass is 359 g/mol. The molecule has 0 radical (unpaired) electrons. The molecule has 2 rings (SSSR count). The van der Waals surface area contributed by atoms with Crippen molar-refractivity contribution in [2.45, 2.75) is 13.8 Å². The van der Waals surface area contributed by atoms with Gasteiger partial charge in [0.15, 0.2) is 0 Å². The zero-order valence-electron chi connectivity index (χ0n) is 13.9. The SMILES string of the molecule is CCOC(=O)NN=C(C)c1ccc(NC(=O)c2ccc(Cl)cc2)cc1. The van der Waals surface area contributed by atoms with Crippen LogP contribution in [0.3, 0.4) is 0 Å². The van der Waals surface area contributed by atoms with Gasteiger partial charge in [0.1, 0.15) is 0 Å². The standard InChI is InChI=1S/C18H18ClN3O3/c1-3-25-18(24)22-21-12(2)13-6-10-16(11-7-13)20-17(23)14-4-8-15(19)9-5-14/h4-11H,3H2,1-2H3,(H,20,23)(H,22,24). The molecule has 0 spiro atoms. The predicted octanol–water partition coefficient (Wildman–Crippen LogP) is 4.06. The Morgan fingerprint density at radius 2 is 1.64 bits per heavy atom. The summed E-state index contributed by atoms with van der Waals surface area (Å²) in [5, 5.41) is 7.33. The highest BCUT2D eigenvalue weighted by molar-refractivity contribution is 6.30. The van der Waals surface area contributed by atoms with Crippen molar-refractivity contribution in [3.8, 4) is 0 Å². The first-order valence-electron chi connectivity index (χ1n) is 7.64. The molecule has 25 heavy (non-hydrogen) atoms. The number of carbonyl (C=O) groups excluding carboxylic acids is 2. The van der Waals surface area contributed by atoms with E-state index in [9.17, 15) is 9.59 Å². The predicted molar refractivity (Wildman–Crippen MR) is 98.2 cm³/mol. The number of hydrazone groups is 1. The number of amides is 2. The second kappa shape index (κ2) is 8.84. The lowest BCUT2D eigenvalue weighted by Gasteiger charge is -2.07. The van der Waals surface area contributed by atoms with Crippen molar-refractivity contribution in [3.05, 3.63) is 64.7 Å². The molecule has 130 valence electrons. The molecule has 7 heteroatoms. The Labute approximate surface area is 150 Å². The topological polar surface area (TPSA) is 79.8 Å². The summed E-state index contributed by atoms with van der Waals surface area (Å²) in [6, 6.07) is 13.7. The molecule has 0 unspecified atom stereocenters. The Balaban J connectivity index is 1.99. The molecule has 0 aliphatic heterocycles. The number of anilines is 1. The van der Waals surface area contributed by atoms with Crippen molar-refractivity contribution in [3.63, 3.8) is 0 Å². The van der Waals surface area contributed by atoms with E-state index in [1.165, 1.54) is 0 Å². The fourth-order valence-electron chi connectivity index (χ4n) is 1.96. The molecular weight excluding hydrogens is 342 g/mol. The Morgan fingerprint density at radius 1 is 1.04 bits per heavy atom. The number of nitrogens with zero attached hydrogens (tertiary/aromatic N) is 1. The average molecular weight is 360 g/mol. The third-order valence-corrected chi connectivity index (χ3v) is 3.51. The number of ether oxygens (including phenoxy) is 1. The molecular formula is C18H18ClN3O3. The molecule has 0 aliphatic rings. The molecule has 2 N–H and O–H groups in total. The van der Waals surface area contributed by atoms with Gasteiger partial charge in [-0.25, -0.2) is 10.2 Å². The van der Waals surface area contributed by atoms with Gasteiger partial charge in [-0.15, -0.1) is 0 Å². The Bertz CT molecular complexity index is 771. The van der Waals surface area contributed by atoms with Crippen molar-refractivity contribution in [2.75, 3.05) is 11.9 Å². The third kappa shape index (κ3) is 5.61. The van der Waals surface area contributed by atoms with Gasteiger partial charge in [0.25, 0.3) is 5.91 Å². The Morgan fingerprint density at radius 3 is 2.24 bits per heavy atom. The minimum atomic E-state index is -0.603. The molecule has 0 fully saturated rings. The van der Waals surface area contributed by atoms with Crippen LogP contribution in [0.25, 0.3) is 0 Å². The zero-order chi connectivity index (χ0) is 18.2. The van der Waals surface area contributed by atoms with Crippen molar-refractivity contribution in [1.82, 2.24) is 5.43 Å². The van der Waals surface area contributed by atoms with Crippen molar-refractivity contribution in [1.29, 1.82) is 0 Å².